The third-order valence-electron chi connectivity index (χ3n) is 5.36. The van der Waals surface area contributed by atoms with E-state index in [0.717, 1.165) is 44.6 Å². The zero-order chi connectivity index (χ0) is 20.5. The molecule has 9 heteroatoms. The van der Waals surface area contributed by atoms with Crippen LogP contribution in [0.5, 0.6) is 0 Å². The summed E-state index contributed by atoms with van der Waals surface area (Å²) >= 11 is 0. The zero-order valence-electron chi connectivity index (χ0n) is 17.6. The normalized spacial score (nSPS) is 18.6. The van der Waals surface area contributed by atoms with Gasteiger partial charge in [0.05, 0.1) is 19.3 Å². The Morgan fingerprint density at radius 2 is 1.93 bits per heavy atom. The van der Waals surface area contributed by atoms with Gasteiger partial charge >= 0.3 is 0 Å². The molecule has 0 bridgehead atoms. The summed E-state index contributed by atoms with van der Waals surface area (Å²) in [5.74, 6) is 0.432. The van der Waals surface area contributed by atoms with E-state index in [0.29, 0.717) is 32.3 Å². The Balaban J connectivity index is 0.00000320. The molecule has 0 aliphatic carbocycles. The molecule has 2 saturated heterocycles. The molecule has 2 aliphatic heterocycles. The highest BCUT2D eigenvalue weighted by Gasteiger charge is 2.23. The van der Waals surface area contributed by atoms with Crippen LogP contribution >= 0.6 is 24.0 Å². The highest BCUT2D eigenvalue weighted by Crippen LogP contribution is 2.22. The fourth-order valence-electron chi connectivity index (χ4n) is 3.81. The minimum Gasteiger partial charge on any atom is -0.379 e. The van der Waals surface area contributed by atoms with Crippen LogP contribution in [0.3, 0.4) is 0 Å². The van der Waals surface area contributed by atoms with Crippen molar-refractivity contribution in [2.45, 2.75) is 25.8 Å². The lowest BCUT2D eigenvalue weighted by Gasteiger charge is -2.35. The Labute approximate surface area is 195 Å². The van der Waals surface area contributed by atoms with Gasteiger partial charge in [-0.1, -0.05) is 12.1 Å². The molecular weight excluding hydrogens is 500 g/mol. The number of nitrogens with zero attached hydrogens (tertiary/aromatic N) is 3. The molecule has 1 unspecified atom stereocenters. The number of hydrogen-bond acceptors (Lipinski definition) is 4. The number of hydrogen-bond donors (Lipinski definition) is 2. The number of nitrogens with one attached hydrogen (secondary N) is 2. The van der Waals surface area contributed by atoms with Crippen LogP contribution in [0, 0.1) is 5.82 Å². The second-order valence-corrected chi connectivity index (χ2v) is 7.38. The first-order chi connectivity index (χ1) is 14.2. The summed E-state index contributed by atoms with van der Waals surface area (Å²) in [6, 6.07) is 6.73. The van der Waals surface area contributed by atoms with Crippen LogP contribution in [0.4, 0.5) is 4.39 Å². The SMILES string of the molecule is CCNC(=NCC(=O)N1CCCC1)NCC(c1cccc(F)c1)N1CCOCC1.I. The third kappa shape index (κ3) is 7.35. The third-order valence-corrected chi connectivity index (χ3v) is 5.36. The van der Waals surface area contributed by atoms with Crippen LogP contribution in [0.1, 0.15) is 31.4 Å². The van der Waals surface area contributed by atoms with Gasteiger partial charge < -0.3 is 20.3 Å². The molecule has 168 valence electrons. The first kappa shape index (κ1) is 24.8. The molecular formula is C21H33FIN5O2. The fraction of sp³-hybridized carbons (Fsp3) is 0.619. The zero-order valence-corrected chi connectivity index (χ0v) is 19.9. The molecule has 2 N–H and O–H groups in total. The predicted molar refractivity (Wildman–Crippen MR) is 127 cm³/mol. The second-order valence-electron chi connectivity index (χ2n) is 7.38. The van der Waals surface area contributed by atoms with Gasteiger partial charge in [0.2, 0.25) is 5.91 Å². The van der Waals surface area contributed by atoms with E-state index in [1.807, 2.05) is 17.9 Å². The van der Waals surface area contributed by atoms with Gasteiger partial charge in [0.1, 0.15) is 12.4 Å². The summed E-state index contributed by atoms with van der Waals surface area (Å²) < 4.78 is 19.3. The Kier molecular flexibility index (Phi) is 10.8. The predicted octanol–water partition coefficient (Wildman–Crippen LogP) is 1.99. The van der Waals surface area contributed by atoms with Gasteiger partial charge in [0.15, 0.2) is 5.96 Å². The van der Waals surface area contributed by atoms with E-state index in [2.05, 4.69) is 20.5 Å². The van der Waals surface area contributed by atoms with Crippen molar-refractivity contribution in [3.8, 4) is 0 Å². The maximum atomic E-state index is 13.8. The number of rotatable bonds is 7. The second kappa shape index (κ2) is 13.1. The van der Waals surface area contributed by atoms with Crippen molar-refractivity contribution in [3.63, 3.8) is 0 Å². The summed E-state index contributed by atoms with van der Waals surface area (Å²) in [6.45, 7) is 7.98. The number of carbonyl (C=O) groups is 1. The van der Waals surface area contributed by atoms with Gasteiger partial charge in [-0.3, -0.25) is 9.69 Å². The van der Waals surface area contributed by atoms with E-state index in [4.69, 9.17) is 4.74 Å². The molecule has 1 aromatic carbocycles. The first-order valence-corrected chi connectivity index (χ1v) is 10.5. The maximum Gasteiger partial charge on any atom is 0.244 e. The number of amides is 1. The van der Waals surface area contributed by atoms with E-state index in [-0.39, 0.29) is 48.3 Å². The molecule has 3 rings (SSSR count). The summed E-state index contributed by atoms with van der Waals surface area (Å²) in [6.07, 6.45) is 2.14. The summed E-state index contributed by atoms with van der Waals surface area (Å²) in [5, 5.41) is 6.55. The lowest BCUT2D eigenvalue weighted by atomic mass is 10.0. The van der Waals surface area contributed by atoms with Crippen LogP contribution in [0.25, 0.3) is 0 Å². The van der Waals surface area contributed by atoms with Crippen LogP contribution in [-0.2, 0) is 9.53 Å². The van der Waals surface area contributed by atoms with E-state index in [1.54, 1.807) is 12.1 Å². The molecule has 1 atom stereocenters. The van der Waals surface area contributed by atoms with Crippen molar-refractivity contribution >= 4 is 35.8 Å². The Morgan fingerprint density at radius 3 is 2.60 bits per heavy atom. The number of aliphatic imine (C=N–C) groups is 1. The number of likely N-dealkylation sites (tertiary alicyclic amines) is 1. The standard InChI is InChI=1S/C21H32FN5O2.HI/c1-2-23-21(25-16-20(28)27-8-3-4-9-27)24-15-19(26-10-12-29-13-11-26)17-6-5-7-18(22)14-17;/h5-7,14,19H,2-4,8-13,15-16H2,1H3,(H2,23,24,25);1H. The molecule has 1 aromatic rings. The van der Waals surface area contributed by atoms with E-state index >= 15 is 0 Å². The lowest BCUT2D eigenvalue weighted by Crippen LogP contribution is -2.46. The topological polar surface area (TPSA) is 69.2 Å². The van der Waals surface area contributed by atoms with Gasteiger partial charge in [-0.15, -0.1) is 24.0 Å². The highest BCUT2D eigenvalue weighted by atomic mass is 127. The number of halogens is 2. The average molecular weight is 533 g/mol. The van der Waals surface area contributed by atoms with Crippen LogP contribution in [-0.4, -0.2) is 80.7 Å². The molecule has 2 aliphatic rings. The van der Waals surface area contributed by atoms with Crippen molar-refractivity contribution in [3.05, 3.63) is 35.6 Å². The Bertz CT molecular complexity index is 694. The summed E-state index contributed by atoms with van der Waals surface area (Å²) in [5.41, 5.74) is 0.920. The minimum atomic E-state index is -0.238. The maximum absolute atomic E-state index is 13.8. The van der Waals surface area contributed by atoms with Gasteiger partial charge in [-0.2, -0.15) is 0 Å². The summed E-state index contributed by atoms with van der Waals surface area (Å²) in [4.78, 5) is 20.9. The van der Waals surface area contributed by atoms with Gasteiger partial charge in [0, 0.05) is 39.3 Å². The molecule has 30 heavy (non-hydrogen) atoms. The molecule has 0 aromatic heterocycles. The van der Waals surface area contributed by atoms with Crippen LogP contribution in [0.2, 0.25) is 0 Å². The van der Waals surface area contributed by atoms with Crippen molar-refractivity contribution in [1.82, 2.24) is 20.4 Å². The number of carbonyl (C=O) groups excluding carboxylic acids is 1. The first-order valence-electron chi connectivity index (χ1n) is 10.5. The van der Waals surface area contributed by atoms with E-state index < -0.39 is 0 Å². The largest absolute Gasteiger partial charge is 0.379 e. The quantitative estimate of drug-likeness (QED) is 0.319. The number of guanidine groups is 1. The molecule has 1 amide bonds. The van der Waals surface area contributed by atoms with E-state index in [9.17, 15) is 9.18 Å². The smallest absolute Gasteiger partial charge is 0.244 e. The Hall–Kier alpha value is -1.46. The Morgan fingerprint density at radius 1 is 1.20 bits per heavy atom. The lowest BCUT2D eigenvalue weighted by molar-refractivity contribution is -0.128. The van der Waals surface area contributed by atoms with Gasteiger partial charge in [-0.05, 0) is 37.5 Å². The fourth-order valence-corrected chi connectivity index (χ4v) is 3.81. The number of benzene rings is 1. The molecule has 7 nitrogen and oxygen atoms in total. The molecule has 2 heterocycles. The number of morpholine rings is 1. The van der Waals surface area contributed by atoms with Crippen molar-refractivity contribution < 1.29 is 13.9 Å². The molecule has 0 saturated carbocycles. The van der Waals surface area contributed by atoms with Crippen LogP contribution in [0.15, 0.2) is 29.3 Å². The van der Waals surface area contributed by atoms with Gasteiger partial charge in [-0.25, -0.2) is 9.38 Å². The van der Waals surface area contributed by atoms with E-state index in [1.165, 1.54) is 6.07 Å². The number of ether oxygens (including phenoxy) is 1. The monoisotopic (exact) mass is 533 g/mol. The van der Waals surface area contributed by atoms with Crippen molar-refractivity contribution in [2.24, 2.45) is 4.99 Å². The minimum absolute atomic E-state index is 0. The van der Waals surface area contributed by atoms with Crippen LogP contribution < -0.4 is 10.6 Å². The van der Waals surface area contributed by atoms with Crippen molar-refractivity contribution in [2.75, 3.05) is 59.0 Å². The van der Waals surface area contributed by atoms with Crippen molar-refractivity contribution in [1.29, 1.82) is 0 Å². The van der Waals surface area contributed by atoms with Gasteiger partial charge in [0.25, 0.3) is 0 Å². The molecule has 2 fully saturated rings. The molecule has 0 radical (unpaired) electrons. The highest BCUT2D eigenvalue weighted by molar-refractivity contribution is 14.0. The summed E-state index contributed by atoms with van der Waals surface area (Å²) in [7, 11) is 0. The molecule has 0 spiro atoms. The average Bonchev–Trinajstić information content (AvgIpc) is 3.28.